The van der Waals surface area contributed by atoms with Crippen molar-refractivity contribution < 1.29 is 47.8 Å². The van der Waals surface area contributed by atoms with Crippen molar-refractivity contribution in [3.63, 3.8) is 0 Å². The van der Waals surface area contributed by atoms with Gasteiger partial charge in [-0.05, 0) is 73.8 Å². The molecule has 284 valence electrons. The lowest BCUT2D eigenvalue weighted by molar-refractivity contribution is -0.292. The summed E-state index contributed by atoms with van der Waals surface area (Å²) in [6, 6.07) is 0. The Morgan fingerprint density at radius 1 is 0.765 bits per heavy atom. The van der Waals surface area contributed by atoms with E-state index in [-0.39, 0.29) is 110 Å². The van der Waals surface area contributed by atoms with Crippen LogP contribution in [0.5, 0.6) is 0 Å². The molecule has 0 saturated carbocycles. The van der Waals surface area contributed by atoms with Crippen molar-refractivity contribution in [1.29, 1.82) is 0 Å². The fourth-order valence-electron chi connectivity index (χ4n) is 11.3. The molecular weight excluding hydrogens is 654 g/mol. The van der Waals surface area contributed by atoms with Gasteiger partial charge in [-0.2, -0.15) is 0 Å². The summed E-state index contributed by atoms with van der Waals surface area (Å²) in [5.74, 6) is -0.222. The number of fused-ring (bicyclic) bond motifs is 6. The fourth-order valence-corrected chi connectivity index (χ4v) is 11.3. The monoisotopic (exact) mass is 713 g/mol. The molecule has 51 heavy (non-hydrogen) atoms. The van der Waals surface area contributed by atoms with E-state index in [1.165, 1.54) is 0 Å². The number of carbonyl (C=O) groups excluding carboxylic acids is 1. The van der Waals surface area contributed by atoms with Crippen LogP contribution in [-0.4, -0.2) is 115 Å². The topological polar surface area (TPSA) is 137 Å². The van der Waals surface area contributed by atoms with E-state index in [9.17, 15) is 9.90 Å². The Morgan fingerprint density at radius 2 is 1.51 bits per heavy atom. The molecule has 3 unspecified atom stereocenters. The molecule has 1 spiro atoms. The minimum Gasteiger partial charge on any atom is -0.392 e. The SMILES string of the molecule is C=C1C[C@@H]2CC[C@@]34C[C@H]5O[C@H]6[C@@H](O3)[C@H]3OC(CC[C@@H]3O[C@H]6[C@H]5O4)CC(=O)C[C@@H]3[C@@H](C)[C@@H](C[C@H](O)CN)O[C@H]3CC3O[C@@H](CCC1O2)C[C@@H](C)C3=C. The molecule has 10 heterocycles. The zero-order valence-electron chi connectivity index (χ0n) is 30.4. The van der Waals surface area contributed by atoms with Gasteiger partial charge in [0.1, 0.15) is 36.3 Å². The minimum absolute atomic E-state index is 0.00127. The fraction of sp³-hybridized carbons (Fsp3) is 0.875. The van der Waals surface area contributed by atoms with Gasteiger partial charge in [-0.3, -0.25) is 4.79 Å². The van der Waals surface area contributed by atoms with E-state index in [1.54, 1.807) is 0 Å². The molecular formula is C40H59NO10. The molecule has 19 atom stereocenters. The number of hydrogen-bond donors (Lipinski definition) is 2. The number of ether oxygens (including phenoxy) is 8. The smallest absolute Gasteiger partial charge is 0.172 e. The lowest BCUT2D eigenvalue weighted by Gasteiger charge is -2.47. The van der Waals surface area contributed by atoms with Crippen molar-refractivity contribution in [1.82, 2.24) is 0 Å². The highest BCUT2D eigenvalue weighted by Crippen LogP contribution is 2.54. The largest absolute Gasteiger partial charge is 0.392 e. The lowest BCUT2D eigenvalue weighted by Crippen LogP contribution is -2.61. The maximum absolute atomic E-state index is 14.0. The third-order valence-electron chi connectivity index (χ3n) is 14.2. The number of carbonyl (C=O) groups is 1. The second-order valence-electron chi connectivity index (χ2n) is 17.6. The van der Waals surface area contributed by atoms with Gasteiger partial charge in [0.25, 0.3) is 0 Å². The third-order valence-corrected chi connectivity index (χ3v) is 14.2. The average molecular weight is 714 g/mol. The number of aliphatic hydroxyl groups is 1. The van der Waals surface area contributed by atoms with Gasteiger partial charge in [-0.25, -0.2) is 0 Å². The van der Waals surface area contributed by atoms with E-state index in [0.29, 0.717) is 44.4 Å². The number of hydrogen-bond acceptors (Lipinski definition) is 11. The highest BCUT2D eigenvalue weighted by Gasteiger charge is 2.68. The molecule has 0 amide bonds. The predicted octanol–water partition coefficient (Wildman–Crippen LogP) is 4.06. The Labute approximate surface area is 302 Å². The Bertz CT molecular complexity index is 1360. The van der Waals surface area contributed by atoms with Crippen molar-refractivity contribution in [3.05, 3.63) is 24.3 Å². The number of aliphatic hydroxyl groups excluding tert-OH is 1. The van der Waals surface area contributed by atoms with Gasteiger partial charge in [-0.15, -0.1) is 0 Å². The van der Waals surface area contributed by atoms with Gasteiger partial charge in [0, 0.05) is 45.1 Å². The molecule has 11 heteroatoms. The molecule has 12 bridgehead atoms. The molecule has 0 radical (unpaired) electrons. The van der Waals surface area contributed by atoms with Crippen molar-refractivity contribution in [2.24, 2.45) is 23.5 Å². The Balaban J connectivity index is 0.986. The summed E-state index contributed by atoms with van der Waals surface area (Å²) in [7, 11) is 0. The molecule has 0 aromatic rings. The van der Waals surface area contributed by atoms with Crippen LogP contribution in [-0.2, 0) is 42.7 Å². The minimum atomic E-state index is -0.765. The van der Waals surface area contributed by atoms with Crippen LogP contribution >= 0.6 is 0 Å². The molecule has 10 aliphatic rings. The molecule has 11 nitrogen and oxygen atoms in total. The average Bonchev–Trinajstić information content (AvgIpc) is 3.77. The predicted molar refractivity (Wildman–Crippen MR) is 185 cm³/mol. The standard InChI is InChI=1S/C40H59NO10/c1-19-11-25-5-7-29-20(2)12-27(44-29)9-10-40-17-34-36(50-40)37-38(49-34)39(51-40)35-30(48-37)8-6-26(46-35)13-23(42)14-28-22(4)31(15-24(43)18-41)47-33(28)16-32(45-25)21(19)3/h19,22,24-39,43H,2-3,5-18,41H2,1,4H3/t19-,22-,24+,25+,26?,27+,28-,29?,30+,31-,32?,33+,34-,35+,36+,37+,38-,39+,40+/m1/s1. The summed E-state index contributed by atoms with van der Waals surface area (Å²) in [5, 5.41) is 10.5. The van der Waals surface area contributed by atoms with Gasteiger partial charge >= 0.3 is 0 Å². The van der Waals surface area contributed by atoms with Gasteiger partial charge in [0.15, 0.2) is 5.79 Å². The van der Waals surface area contributed by atoms with Gasteiger partial charge in [-0.1, -0.05) is 27.0 Å². The maximum Gasteiger partial charge on any atom is 0.172 e. The number of ketones is 1. The second kappa shape index (κ2) is 13.8. The molecule has 10 aliphatic heterocycles. The summed E-state index contributed by atoms with van der Waals surface area (Å²) in [6.07, 6.45) is 6.43. The van der Waals surface area contributed by atoms with Crippen LogP contribution in [0.2, 0.25) is 0 Å². The lowest BCUT2D eigenvalue weighted by atomic mass is 9.78. The number of Topliss-reactive ketones (excluding diaryl/α,β-unsaturated/α-hetero) is 1. The van der Waals surface area contributed by atoms with Crippen LogP contribution < -0.4 is 5.73 Å². The third kappa shape index (κ3) is 6.53. The van der Waals surface area contributed by atoms with E-state index in [0.717, 1.165) is 56.1 Å². The highest BCUT2D eigenvalue weighted by molar-refractivity contribution is 5.79. The molecule has 0 aromatic carbocycles. The van der Waals surface area contributed by atoms with Crippen molar-refractivity contribution >= 4 is 5.78 Å². The van der Waals surface area contributed by atoms with E-state index >= 15 is 0 Å². The molecule has 0 aromatic heterocycles. The van der Waals surface area contributed by atoms with Crippen LogP contribution in [0.1, 0.15) is 97.3 Å². The van der Waals surface area contributed by atoms with Crippen LogP contribution in [0.15, 0.2) is 24.3 Å². The van der Waals surface area contributed by atoms with Crippen LogP contribution in [0.25, 0.3) is 0 Å². The van der Waals surface area contributed by atoms with E-state index < -0.39 is 11.9 Å². The molecule has 0 aliphatic carbocycles. The number of nitrogens with two attached hydrogens (primary N) is 1. The first-order valence-corrected chi connectivity index (χ1v) is 20.1. The van der Waals surface area contributed by atoms with E-state index in [2.05, 4.69) is 27.0 Å². The summed E-state index contributed by atoms with van der Waals surface area (Å²) >= 11 is 0. The first kappa shape index (κ1) is 35.5. The zero-order chi connectivity index (χ0) is 35.2. The number of rotatable bonds is 3. The van der Waals surface area contributed by atoms with Gasteiger partial charge in [0.05, 0.1) is 61.0 Å². The van der Waals surface area contributed by atoms with E-state index in [1.807, 2.05) is 0 Å². The highest BCUT2D eigenvalue weighted by atomic mass is 16.8. The molecule has 10 saturated heterocycles. The molecule has 3 N–H and O–H groups in total. The van der Waals surface area contributed by atoms with Crippen molar-refractivity contribution in [2.45, 2.75) is 195 Å². The van der Waals surface area contributed by atoms with Crippen LogP contribution in [0, 0.1) is 17.8 Å². The normalized spacial score (nSPS) is 53.2. The van der Waals surface area contributed by atoms with E-state index in [4.69, 9.17) is 43.6 Å². The van der Waals surface area contributed by atoms with Crippen LogP contribution in [0.4, 0.5) is 0 Å². The molecule has 10 rings (SSSR count). The van der Waals surface area contributed by atoms with Gasteiger partial charge < -0.3 is 48.7 Å². The quantitative estimate of drug-likeness (QED) is 0.410. The van der Waals surface area contributed by atoms with Gasteiger partial charge in [0.2, 0.25) is 0 Å². The van der Waals surface area contributed by atoms with Crippen molar-refractivity contribution in [3.8, 4) is 0 Å². The zero-order valence-corrected chi connectivity index (χ0v) is 30.4. The first-order valence-electron chi connectivity index (χ1n) is 20.1. The first-order chi connectivity index (χ1) is 24.6. The summed E-state index contributed by atoms with van der Waals surface area (Å²) in [4.78, 5) is 14.0. The van der Waals surface area contributed by atoms with Crippen LogP contribution in [0.3, 0.4) is 0 Å². The Morgan fingerprint density at radius 3 is 2.35 bits per heavy atom. The Hall–Kier alpha value is -1.25. The Kier molecular flexibility index (Phi) is 9.59. The maximum atomic E-state index is 14.0. The second-order valence-corrected chi connectivity index (χ2v) is 17.6. The van der Waals surface area contributed by atoms with Crippen molar-refractivity contribution in [2.75, 3.05) is 6.54 Å². The summed E-state index contributed by atoms with van der Waals surface area (Å²) in [6.45, 7) is 13.5. The molecule has 10 fully saturated rings. The summed E-state index contributed by atoms with van der Waals surface area (Å²) in [5.41, 5.74) is 8.06. The summed E-state index contributed by atoms with van der Waals surface area (Å²) < 4.78 is 54.0.